The van der Waals surface area contributed by atoms with Crippen LogP contribution >= 0.6 is 11.6 Å². The first kappa shape index (κ1) is 12.7. The maximum absolute atomic E-state index is 9.81. The second-order valence-corrected chi connectivity index (χ2v) is 5.29. The summed E-state index contributed by atoms with van der Waals surface area (Å²) < 4.78 is 0. The van der Waals surface area contributed by atoms with E-state index < -0.39 is 0 Å². The van der Waals surface area contributed by atoms with Gasteiger partial charge in [0.2, 0.25) is 0 Å². The van der Waals surface area contributed by atoms with Gasteiger partial charge in [0.05, 0.1) is 0 Å². The highest BCUT2D eigenvalue weighted by molar-refractivity contribution is 6.30. The molecule has 1 fully saturated rings. The third kappa shape index (κ3) is 3.12. The Morgan fingerprint density at radius 2 is 2.18 bits per heavy atom. The minimum Gasteiger partial charge on any atom is -0.508 e. The normalized spacial score (nSPS) is 22.9. The van der Waals surface area contributed by atoms with E-state index in [4.69, 9.17) is 11.6 Å². The molecule has 1 aliphatic heterocycles. The molecule has 0 saturated carbocycles. The second kappa shape index (κ2) is 5.25. The topological polar surface area (TPSA) is 26.7 Å². The average Bonchev–Trinajstić information content (AvgIpc) is 2.27. The molecule has 1 aromatic carbocycles. The summed E-state index contributed by atoms with van der Waals surface area (Å²) in [5.41, 5.74) is 0.911. The third-order valence-electron chi connectivity index (χ3n) is 3.38. The number of nitrogens with zero attached hydrogens (tertiary/aromatic N) is 2. The lowest BCUT2D eigenvalue weighted by Crippen LogP contribution is -2.49. The molecule has 1 aromatic rings. The van der Waals surface area contributed by atoms with E-state index >= 15 is 0 Å². The molecule has 1 saturated heterocycles. The molecular formula is C13H19ClN2O. The van der Waals surface area contributed by atoms with Crippen molar-refractivity contribution in [3.05, 3.63) is 28.8 Å². The molecule has 17 heavy (non-hydrogen) atoms. The lowest BCUT2D eigenvalue weighted by atomic mass is 10.1. The van der Waals surface area contributed by atoms with Crippen molar-refractivity contribution in [3.8, 4) is 5.75 Å². The fourth-order valence-corrected chi connectivity index (χ4v) is 2.51. The van der Waals surface area contributed by atoms with Crippen LogP contribution < -0.4 is 0 Å². The van der Waals surface area contributed by atoms with Crippen LogP contribution in [0.25, 0.3) is 0 Å². The number of phenolic OH excluding ortho intramolecular Hbond substituents is 1. The number of piperazine rings is 1. The van der Waals surface area contributed by atoms with Gasteiger partial charge < -0.3 is 10.0 Å². The molecule has 1 heterocycles. The van der Waals surface area contributed by atoms with E-state index in [0.29, 0.717) is 16.8 Å². The molecule has 3 nitrogen and oxygen atoms in total. The molecule has 1 unspecified atom stereocenters. The van der Waals surface area contributed by atoms with Crippen LogP contribution in [-0.4, -0.2) is 47.6 Å². The zero-order chi connectivity index (χ0) is 12.4. The smallest absolute Gasteiger partial charge is 0.120 e. The van der Waals surface area contributed by atoms with Gasteiger partial charge in [0.1, 0.15) is 5.75 Å². The van der Waals surface area contributed by atoms with Gasteiger partial charge in [0, 0.05) is 42.8 Å². The summed E-state index contributed by atoms with van der Waals surface area (Å²) in [6.45, 7) is 6.16. The van der Waals surface area contributed by atoms with E-state index in [9.17, 15) is 5.11 Å². The van der Waals surface area contributed by atoms with Crippen molar-refractivity contribution < 1.29 is 5.11 Å². The Kier molecular flexibility index (Phi) is 3.92. The van der Waals surface area contributed by atoms with Crippen molar-refractivity contribution in [2.24, 2.45) is 0 Å². The van der Waals surface area contributed by atoms with E-state index in [0.717, 1.165) is 31.7 Å². The number of phenols is 1. The molecule has 0 aliphatic carbocycles. The Bertz CT molecular complexity index is 397. The number of halogens is 1. The van der Waals surface area contributed by atoms with Gasteiger partial charge in [-0.25, -0.2) is 0 Å². The molecule has 0 amide bonds. The lowest BCUT2D eigenvalue weighted by molar-refractivity contribution is 0.0931. The van der Waals surface area contributed by atoms with Crippen LogP contribution in [0.1, 0.15) is 12.5 Å². The number of hydrogen-bond acceptors (Lipinski definition) is 3. The molecule has 2 rings (SSSR count). The number of hydrogen-bond donors (Lipinski definition) is 1. The summed E-state index contributed by atoms with van der Waals surface area (Å²) in [4.78, 5) is 4.71. The number of rotatable bonds is 2. The fraction of sp³-hybridized carbons (Fsp3) is 0.538. The zero-order valence-electron chi connectivity index (χ0n) is 10.4. The Morgan fingerprint density at radius 1 is 1.41 bits per heavy atom. The van der Waals surface area contributed by atoms with E-state index in [1.807, 2.05) is 6.07 Å². The molecule has 0 spiro atoms. The van der Waals surface area contributed by atoms with Gasteiger partial charge in [0.25, 0.3) is 0 Å². The van der Waals surface area contributed by atoms with Crippen LogP contribution in [0.3, 0.4) is 0 Å². The first-order chi connectivity index (χ1) is 8.06. The molecule has 94 valence electrons. The number of aromatic hydroxyl groups is 1. The molecule has 4 heteroatoms. The molecule has 0 aromatic heterocycles. The predicted molar refractivity (Wildman–Crippen MR) is 70.5 cm³/mol. The van der Waals surface area contributed by atoms with Crippen molar-refractivity contribution in [2.75, 3.05) is 26.7 Å². The van der Waals surface area contributed by atoms with E-state index in [1.165, 1.54) is 0 Å². The summed E-state index contributed by atoms with van der Waals surface area (Å²) >= 11 is 5.96. The van der Waals surface area contributed by atoms with Gasteiger partial charge >= 0.3 is 0 Å². The second-order valence-electron chi connectivity index (χ2n) is 4.85. The summed E-state index contributed by atoms with van der Waals surface area (Å²) in [7, 11) is 2.14. The summed E-state index contributed by atoms with van der Waals surface area (Å²) in [6.07, 6.45) is 0. The monoisotopic (exact) mass is 254 g/mol. The van der Waals surface area contributed by atoms with Crippen molar-refractivity contribution in [1.82, 2.24) is 9.80 Å². The maximum Gasteiger partial charge on any atom is 0.120 e. The van der Waals surface area contributed by atoms with Gasteiger partial charge in [-0.15, -0.1) is 0 Å². The largest absolute Gasteiger partial charge is 0.508 e. The van der Waals surface area contributed by atoms with Crippen LogP contribution in [0.15, 0.2) is 18.2 Å². The fourth-order valence-electron chi connectivity index (χ4n) is 2.31. The van der Waals surface area contributed by atoms with Crippen LogP contribution in [0, 0.1) is 0 Å². The molecule has 1 atom stereocenters. The first-order valence-electron chi connectivity index (χ1n) is 5.96. The highest BCUT2D eigenvalue weighted by Gasteiger charge is 2.22. The van der Waals surface area contributed by atoms with E-state index in [-0.39, 0.29) is 0 Å². The average molecular weight is 255 g/mol. The van der Waals surface area contributed by atoms with Crippen LogP contribution in [0.5, 0.6) is 5.75 Å². The zero-order valence-corrected chi connectivity index (χ0v) is 11.1. The van der Waals surface area contributed by atoms with Crippen LogP contribution in [-0.2, 0) is 6.54 Å². The van der Waals surface area contributed by atoms with Crippen molar-refractivity contribution in [2.45, 2.75) is 19.5 Å². The minimum atomic E-state index is 0.334. The van der Waals surface area contributed by atoms with Crippen LogP contribution in [0.2, 0.25) is 5.02 Å². The summed E-state index contributed by atoms with van der Waals surface area (Å²) in [6, 6.07) is 5.74. The van der Waals surface area contributed by atoms with Gasteiger partial charge in [-0.2, -0.15) is 0 Å². The predicted octanol–water partition coefficient (Wildman–Crippen LogP) is 2.18. The number of likely N-dealkylation sites (N-methyl/N-ethyl adjacent to an activating group) is 1. The van der Waals surface area contributed by atoms with Crippen molar-refractivity contribution >= 4 is 11.6 Å². The Hall–Kier alpha value is -0.770. The van der Waals surface area contributed by atoms with Crippen LogP contribution in [0.4, 0.5) is 0 Å². The first-order valence-corrected chi connectivity index (χ1v) is 6.34. The Balaban J connectivity index is 2.07. The molecule has 1 aliphatic rings. The molecule has 0 radical (unpaired) electrons. The maximum atomic E-state index is 9.81. The van der Waals surface area contributed by atoms with E-state index in [2.05, 4.69) is 23.8 Å². The summed E-state index contributed by atoms with van der Waals surface area (Å²) in [5, 5.41) is 10.5. The SMILES string of the molecule is CC1CN(C)CCN1Cc1cc(Cl)ccc1O. The Labute approximate surface area is 108 Å². The quantitative estimate of drug-likeness (QED) is 0.877. The van der Waals surface area contributed by atoms with Gasteiger partial charge in [-0.05, 0) is 32.2 Å². The third-order valence-corrected chi connectivity index (χ3v) is 3.62. The molecule has 0 bridgehead atoms. The van der Waals surface area contributed by atoms with Crippen molar-refractivity contribution in [1.29, 1.82) is 0 Å². The standard InChI is InChI=1S/C13H19ClN2O/c1-10-8-15(2)5-6-16(10)9-11-7-12(14)3-4-13(11)17/h3-4,7,10,17H,5-6,8-9H2,1-2H3. The van der Waals surface area contributed by atoms with Gasteiger partial charge in [-0.3, -0.25) is 4.90 Å². The number of benzene rings is 1. The van der Waals surface area contributed by atoms with Gasteiger partial charge in [0.15, 0.2) is 0 Å². The minimum absolute atomic E-state index is 0.334. The lowest BCUT2D eigenvalue weighted by Gasteiger charge is -2.38. The Morgan fingerprint density at radius 3 is 2.88 bits per heavy atom. The van der Waals surface area contributed by atoms with Crippen molar-refractivity contribution in [3.63, 3.8) is 0 Å². The highest BCUT2D eigenvalue weighted by Crippen LogP contribution is 2.24. The summed E-state index contributed by atoms with van der Waals surface area (Å²) in [5.74, 6) is 0.334. The molecular weight excluding hydrogens is 236 g/mol. The highest BCUT2D eigenvalue weighted by atomic mass is 35.5. The van der Waals surface area contributed by atoms with Gasteiger partial charge in [-0.1, -0.05) is 11.6 Å². The molecule has 1 N–H and O–H groups in total. The van der Waals surface area contributed by atoms with E-state index in [1.54, 1.807) is 12.1 Å².